The van der Waals surface area contributed by atoms with E-state index in [9.17, 15) is 9.59 Å². The van der Waals surface area contributed by atoms with Crippen molar-refractivity contribution < 1.29 is 14.7 Å². The van der Waals surface area contributed by atoms with Crippen LogP contribution in [0.5, 0.6) is 0 Å². The summed E-state index contributed by atoms with van der Waals surface area (Å²) >= 11 is 3.20. The molecule has 0 unspecified atom stereocenters. The zero-order valence-electron chi connectivity index (χ0n) is 10.3. The van der Waals surface area contributed by atoms with Crippen molar-refractivity contribution in [1.82, 2.24) is 10.3 Å². The molecule has 0 spiro atoms. The third-order valence-corrected chi connectivity index (χ3v) is 3.04. The molecule has 20 heavy (non-hydrogen) atoms. The highest BCUT2D eigenvalue weighted by Crippen LogP contribution is 2.07. The van der Waals surface area contributed by atoms with E-state index in [4.69, 9.17) is 5.11 Å². The summed E-state index contributed by atoms with van der Waals surface area (Å²) in [5.74, 6) is -1.26. The molecule has 0 aliphatic heterocycles. The van der Waals surface area contributed by atoms with Crippen molar-refractivity contribution in [1.29, 1.82) is 0 Å². The van der Waals surface area contributed by atoms with Crippen LogP contribution in [0.15, 0.2) is 47.1 Å². The second kappa shape index (κ2) is 6.29. The molecule has 2 rings (SSSR count). The third kappa shape index (κ3) is 3.64. The number of carbonyl (C=O) groups is 2. The van der Waals surface area contributed by atoms with E-state index in [2.05, 4.69) is 26.2 Å². The van der Waals surface area contributed by atoms with Crippen molar-refractivity contribution >= 4 is 27.8 Å². The van der Waals surface area contributed by atoms with Crippen LogP contribution in [-0.2, 0) is 6.54 Å². The van der Waals surface area contributed by atoms with Crippen LogP contribution in [0.3, 0.4) is 0 Å². The van der Waals surface area contributed by atoms with E-state index in [1.54, 1.807) is 30.3 Å². The summed E-state index contributed by atoms with van der Waals surface area (Å²) < 4.78 is 0.593. The second-order valence-electron chi connectivity index (χ2n) is 4.03. The van der Waals surface area contributed by atoms with E-state index in [1.807, 2.05) is 0 Å². The number of nitrogens with zero attached hydrogens (tertiary/aromatic N) is 1. The number of carboxylic acid groups (broad SMARTS) is 1. The van der Waals surface area contributed by atoms with E-state index in [0.717, 1.165) is 5.56 Å². The van der Waals surface area contributed by atoms with Gasteiger partial charge in [0, 0.05) is 6.54 Å². The molecular weight excluding hydrogens is 324 g/mol. The van der Waals surface area contributed by atoms with Gasteiger partial charge in [0.25, 0.3) is 5.91 Å². The van der Waals surface area contributed by atoms with Crippen molar-refractivity contribution in [2.24, 2.45) is 0 Å². The molecule has 0 atom stereocenters. The molecular formula is C14H11BrN2O3. The summed E-state index contributed by atoms with van der Waals surface area (Å²) in [4.78, 5) is 26.6. The third-order valence-electron chi connectivity index (χ3n) is 2.60. The lowest BCUT2D eigenvalue weighted by molar-refractivity contribution is 0.0696. The van der Waals surface area contributed by atoms with Crippen LogP contribution in [0.25, 0.3) is 0 Å². The second-order valence-corrected chi connectivity index (χ2v) is 4.84. The highest BCUT2D eigenvalue weighted by molar-refractivity contribution is 9.10. The molecule has 1 heterocycles. The van der Waals surface area contributed by atoms with E-state index in [0.29, 0.717) is 16.8 Å². The van der Waals surface area contributed by atoms with Crippen molar-refractivity contribution in [3.05, 3.63) is 63.9 Å². The number of halogens is 1. The molecule has 1 amide bonds. The first-order chi connectivity index (χ1) is 9.56. The van der Waals surface area contributed by atoms with Crippen LogP contribution in [-0.4, -0.2) is 22.0 Å². The molecule has 5 nitrogen and oxygen atoms in total. The molecule has 6 heteroatoms. The molecule has 1 aromatic carbocycles. The SMILES string of the molecule is O=C(O)c1ccc(CNC(=O)c2cccc(Br)n2)cc1. The summed E-state index contributed by atoms with van der Waals surface area (Å²) in [6, 6.07) is 11.4. The van der Waals surface area contributed by atoms with E-state index in [-0.39, 0.29) is 11.5 Å². The highest BCUT2D eigenvalue weighted by atomic mass is 79.9. The largest absolute Gasteiger partial charge is 0.478 e. The van der Waals surface area contributed by atoms with Crippen LogP contribution < -0.4 is 5.32 Å². The maximum atomic E-state index is 11.9. The van der Waals surface area contributed by atoms with Gasteiger partial charge >= 0.3 is 5.97 Å². The molecule has 0 saturated carbocycles. The molecule has 0 aliphatic carbocycles. The number of nitrogens with one attached hydrogen (secondary N) is 1. The van der Waals surface area contributed by atoms with Crippen LogP contribution in [0, 0.1) is 0 Å². The lowest BCUT2D eigenvalue weighted by atomic mass is 10.1. The number of aromatic carboxylic acids is 1. The molecule has 1 aromatic heterocycles. The maximum Gasteiger partial charge on any atom is 0.335 e. The molecule has 2 N–H and O–H groups in total. The van der Waals surface area contributed by atoms with Crippen molar-refractivity contribution in [2.45, 2.75) is 6.54 Å². The Bertz CT molecular complexity index is 641. The van der Waals surface area contributed by atoms with Gasteiger partial charge in [-0.3, -0.25) is 4.79 Å². The smallest absolute Gasteiger partial charge is 0.335 e. The van der Waals surface area contributed by atoms with Gasteiger partial charge < -0.3 is 10.4 Å². The molecule has 0 fully saturated rings. The van der Waals surface area contributed by atoms with Gasteiger partial charge in [0.1, 0.15) is 10.3 Å². The lowest BCUT2D eigenvalue weighted by Crippen LogP contribution is -2.23. The quantitative estimate of drug-likeness (QED) is 0.842. The minimum absolute atomic E-state index is 0.216. The Morgan fingerprint density at radius 1 is 1.15 bits per heavy atom. The Hall–Kier alpha value is -2.21. The Kier molecular flexibility index (Phi) is 4.47. The van der Waals surface area contributed by atoms with Gasteiger partial charge in [-0.2, -0.15) is 0 Å². The van der Waals surface area contributed by atoms with E-state index >= 15 is 0 Å². The molecule has 0 radical (unpaired) electrons. The Labute approximate surface area is 123 Å². The van der Waals surface area contributed by atoms with Crippen LogP contribution in [0.1, 0.15) is 26.4 Å². The first kappa shape index (κ1) is 14.2. The summed E-state index contributed by atoms with van der Waals surface area (Å²) in [7, 11) is 0. The number of hydrogen-bond donors (Lipinski definition) is 2. The van der Waals surface area contributed by atoms with Gasteiger partial charge in [-0.15, -0.1) is 0 Å². The molecule has 102 valence electrons. The van der Waals surface area contributed by atoms with Crippen molar-refractivity contribution in [2.75, 3.05) is 0 Å². The predicted molar refractivity (Wildman–Crippen MR) is 76.5 cm³/mol. The number of aromatic nitrogens is 1. The normalized spacial score (nSPS) is 10.1. The minimum Gasteiger partial charge on any atom is -0.478 e. The van der Waals surface area contributed by atoms with E-state index in [1.165, 1.54) is 12.1 Å². The predicted octanol–water partition coefficient (Wildman–Crippen LogP) is 2.47. The molecule has 0 bridgehead atoms. The first-order valence-electron chi connectivity index (χ1n) is 5.79. The number of benzene rings is 1. The van der Waals surface area contributed by atoms with E-state index < -0.39 is 5.97 Å². The van der Waals surface area contributed by atoms with Crippen LogP contribution >= 0.6 is 15.9 Å². The van der Waals surface area contributed by atoms with Crippen molar-refractivity contribution in [3.63, 3.8) is 0 Å². The van der Waals surface area contributed by atoms with Gasteiger partial charge in [-0.25, -0.2) is 9.78 Å². The van der Waals surface area contributed by atoms with Gasteiger partial charge in [-0.1, -0.05) is 18.2 Å². The number of pyridine rings is 1. The number of carboxylic acids is 1. The minimum atomic E-state index is -0.973. The first-order valence-corrected chi connectivity index (χ1v) is 6.58. The fraction of sp³-hybridized carbons (Fsp3) is 0.0714. The van der Waals surface area contributed by atoms with Gasteiger partial charge in [-0.05, 0) is 45.8 Å². The number of carbonyl (C=O) groups excluding carboxylic acids is 1. The Morgan fingerprint density at radius 2 is 1.85 bits per heavy atom. The number of amides is 1. The molecule has 0 saturated heterocycles. The van der Waals surface area contributed by atoms with Gasteiger partial charge in [0.05, 0.1) is 5.56 Å². The number of rotatable bonds is 4. The fourth-order valence-electron chi connectivity index (χ4n) is 1.57. The highest BCUT2D eigenvalue weighted by Gasteiger charge is 2.07. The fourth-order valence-corrected chi connectivity index (χ4v) is 1.92. The summed E-state index contributed by atoms with van der Waals surface area (Å²) in [5, 5.41) is 11.5. The average Bonchev–Trinajstić information content (AvgIpc) is 2.45. The monoisotopic (exact) mass is 334 g/mol. The molecule has 0 aliphatic rings. The van der Waals surface area contributed by atoms with Crippen LogP contribution in [0.4, 0.5) is 0 Å². The maximum absolute atomic E-state index is 11.9. The standard InChI is InChI=1S/C14H11BrN2O3/c15-12-3-1-2-11(17-12)13(18)16-8-9-4-6-10(7-5-9)14(19)20/h1-7H,8H2,(H,16,18)(H,19,20). The lowest BCUT2D eigenvalue weighted by Gasteiger charge is -2.05. The zero-order valence-corrected chi connectivity index (χ0v) is 11.9. The number of hydrogen-bond acceptors (Lipinski definition) is 3. The Balaban J connectivity index is 1.98. The Morgan fingerprint density at radius 3 is 2.45 bits per heavy atom. The summed E-state index contributed by atoms with van der Waals surface area (Å²) in [6.07, 6.45) is 0. The average molecular weight is 335 g/mol. The molecule has 2 aromatic rings. The van der Waals surface area contributed by atoms with Gasteiger partial charge in [0.2, 0.25) is 0 Å². The summed E-state index contributed by atoms with van der Waals surface area (Å²) in [6.45, 7) is 0.312. The van der Waals surface area contributed by atoms with Crippen LogP contribution in [0.2, 0.25) is 0 Å². The summed E-state index contributed by atoms with van der Waals surface area (Å²) in [5.41, 5.74) is 1.36. The van der Waals surface area contributed by atoms with Gasteiger partial charge in [0.15, 0.2) is 0 Å². The zero-order chi connectivity index (χ0) is 14.5. The topological polar surface area (TPSA) is 79.3 Å². The van der Waals surface area contributed by atoms with Crippen molar-refractivity contribution in [3.8, 4) is 0 Å².